The fourth-order valence-corrected chi connectivity index (χ4v) is 2.90. The number of hydrazine groups is 1. The van der Waals surface area contributed by atoms with E-state index in [-0.39, 0.29) is 6.04 Å². The lowest BCUT2D eigenvalue weighted by atomic mass is 9.97. The van der Waals surface area contributed by atoms with Gasteiger partial charge in [0, 0.05) is 28.4 Å². The predicted octanol–water partition coefficient (Wildman–Crippen LogP) is 3.14. The summed E-state index contributed by atoms with van der Waals surface area (Å²) in [7, 11) is 0. The Labute approximate surface area is 131 Å². The smallest absolute Gasteiger partial charge is 0.0705 e. The van der Waals surface area contributed by atoms with Gasteiger partial charge in [-0.2, -0.15) is 0 Å². The number of fused-ring (bicyclic) bond motifs is 1. The minimum atomic E-state index is 0.00833. The average Bonchev–Trinajstić information content (AvgIpc) is 2.52. The number of benzene rings is 1. The molecule has 3 rings (SSSR count). The first-order chi connectivity index (χ1) is 10.3. The number of para-hydroxylation sites is 1. The van der Waals surface area contributed by atoms with Crippen LogP contribution in [0.1, 0.15) is 17.2 Å². The summed E-state index contributed by atoms with van der Waals surface area (Å²) in [6.45, 7) is 0. The van der Waals surface area contributed by atoms with Crippen molar-refractivity contribution < 1.29 is 0 Å². The molecule has 5 heteroatoms. The number of halogens is 1. The third-order valence-electron chi connectivity index (χ3n) is 3.46. The molecule has 0 amide bonds. The molecule has 1 aromatic carbocycles. The Hall–Kier alpha value is -1.82. The van der Waals surface area contributed by atoms with Gasteiger partial charge in [-0.1, -0.05) is 18.2 Å². The lowest BCUT2D eigenvalue weighted by molar-refractivity contribution is 0.554. The molecular formula is C16H15BrN4. The quantitative estimate of drug-likeness (QED) is 0.564. The Morgan fingerprint density at radius 2 is 2.05 bits per heavy atom. The second kappa shape index (κ2) is 6.30. The summed E-state index contributed by atoms with van der Waals surface area (Å²) in [6.07, 6.45) is 6.22. The Balaban J connectivity index is 1.98. The monoisotopic (exact) mass is 342 g/mol. The zero-order valence-electron chi connectivity index (χ0n) is 11.3. The number of nitrogens with zero attached hydrogens (tertiary/aromatic N) is 2. The van der Waals surface area contributed by atoms with Crippen LogP contribution in [0.2, 0.25) is 0 Å². The summed E-state index contributed by atoms with van der Waals surface area (Å²) in [4.78, 5) is 8.59. The van der Waals surface area contributed by atoms with Crippen LogP contribution in [-0.4, -0.2) is 9.97 Å². The maximum absolute atomic E-state index is 5.78. The van der Waals surface area contributed by atoms with Crippen LogP contribution in [-0.2, 0) is 6.42 Å². The largest absolute Gasteiger partial charge is 0.271 e. The van der Waals surface area contributed by atoms with Crippen molar-refractivity contribution in [2.45, 2.75) is 12.5 Å². The normalized spacial score (nSPS) is 12.5. The number of aromatic nitrogens is 2. The second-order valence-electron chi connectivity index (χ2n) is 4.85. The minimum absolute atomic E-state index is 0.00833. The van der Waals surface area contributed by atoms with Gasteiger partial charge in [-0.3, -0.25) is 21.2 Å². The first kappa shape index (κ1) is 14.1. The van der Waals surface area contributed by atoms with E-state index in [0.29, 0.717) is 0 Å². The zero-order chi connectivity index (χ0) is 14.7. The lowest BCUT2D eigenvalue weighted by Crippen LogP contribution is -2.29. The number of nitrogens with one attached hydrogen (secondary N) is 1. The Morgan fingerprint density at radius 3 is 2.86 bits per heavy atom. The molecule has 0 saturated heterocycles. The van der Waals surface area contributed by atoms with E-state index < -0.39 is 0 Å². The minimum Gasteiger partial charge on any atom is -0.271 e. The molecule has 3 N–H and O–H groups in total. The highest BCUT2D eigenvalue weighted by Gasteiger charge is 2.14. The van der Waals surface area contributed by atoms with E-state index in [1.165, 1.54) is 0 Å². The molecule has 106 valence electrons. The van der Waals surface area contributed by atoms with Crippen LogP contribution in [0.5, 0.6) is 0 Å². The van der Waals surface area contributed by atoms with Crippen molar-refractivity contribution in [2.24, 2.45) is 5.84 Å². The molecular weight excluding hydrogens is 328 g/mol. The molecule has 4 nitrogen and oxygen atoms in total. The molecule has 1 atom stereocenters. The fourth-order valence-electron chi connectivity index (χ4n) is 2.48. The van der Waals surface area contributed by atoms with Gasteiger partial charge in [-0.25, -0.2) is 0 Å². The summed E-state index contributed by atoms with van der Waals surface area (Å²) in [6, 6.07) is 12.2. The molecule has 0 spiro atoms. The number of hydrogen-bond acceptors (Lipinski definition) is 4. The maximum atomic E-state index is 5.78. The van der Waals surface area contributed by atoms with E-state index in [1.807, 2.05) is 36.7 Å². The van der Waals surface area contributed by atoms with E-state index in [9.17, 15) is 0 Å². The van der Waals surface area contributed by atoms with Crippen LogP contribution in [0.15, 0.2) is 59.5 Å². The maximum Gasteiger partial charge on any atom is 0.0705 e. The van der Waals surface area contributed by atoms with E-state index in [4.69, 9.17) is 5.84 Å². The summed E-state index contributed by atoms with van der Waals surface area (Å²) >= 11 is 3.45. The van der Waals surface area contributed by atoms with Crippen molar-refractivity contribution in [1.82, 2.24) is 15.4 Å². The highest BCUT2D eigenvalue weighted by atomic mass is 79.9. The lowest BCUT2D eigenvalue weighted by Gasteiger charge is -2.18. The average molecular weight is 343 g/mol. The van der Waals surface area contributed by atoms with Crippen molar-refractivity contribution in [3.8, 4) is 0 Å². The summed E-state index contributed by atoms with van der Waals surface area (Å²) in [5, 5.41) is 1.12. The molecule has 0 aliphatic rings. The second-order valence-corrected chi connectivity index (χ2v) is 5.77. The van der Waals surface area contributed by atoms with Gasteiger partial charge in [-0.05, 0) is 51.7 Å². The molecule has 2 heterocycles. The first-order valence-corrected chi connectivity index (χ1v) is 7.46. The first-order valence-electron chi connectivity index (χ1n) is 6.67. The van der Waals surface area contributed by atoms with Crippen molar-refractivity contribution in [3.05, 3.63) is 70.6 Å². The third kappa shape index (κ3) is 3.10. The highest BCUT2D eigenvalue weighted by Crippen LogP contribution is 2.25. The van der Waals surface area contributed by atoms with Crippen molar-refractivity contribution in [1.29, 1.82) is 0 Å². The number of nitrogens with two attached hydrogens (primary N) is 1. The van der Waals surface area contributed by atoms with Crippen molar-refractivity contribution in [3.63, 3.8) is 0 Å². The van der Waals surface area contributed by atoms with Crippen molar-refractivity contribution in [2.75, 3.05) is 0 Å². The van der Waals surface area contributed by atoms with Crippen LogP contribution in [0.25, 0.3) is 10.9 Å². The molecule has 0 radical (unpaired) electrons. The van der Waals surface area contributed by atoms with Gasteiger partial charge in [0.2, 0.25) is 0 Å². The van der Waals surface area contributed by atoms with Gasteiger partial charge in [0.1, 0.15) is 0 Å². The molecule has 0 fully saturated rings. The highest BCUT2D eigenvalue weighted by molar-refractivity contribution is 9.10. The number of hydrogen-bond donors (Lipinski definition) is 2. The van der Waals surface area contributed by atoms with Gasteiger partial charge in [0.05, 0.1) is 11.6 Å². The summed E-state index contributed by atoms with van der Waals surface area (Å²) in [5.74, 6) is 5.78. The molecule has 0 bridgehead atoms. The van der Waals surface area contributed by atoms with E-state index in [1.54, 1.807) is 6.20 Å². The fraction of sp³-hybridized carbons (Fsp3) is 0.125. The zero-order valence-corrected chi connectivity index (χ0v) is 12.9. The SMILES string of the molecule is NNC(Cc1cncc(Br)c1)c1ccnc2ccccc12. The topological polar surface area (TPSA) is 63.8 Å². The van der Waals surface area contributed by atoms with Gasteiger partial charge < -0.3 is 0 Å². The van der Waals surface area contributed by atoms with Crippen molar-refractivity contribution >= 4 is 26.8 Å². The van der Waals surface area contributed by atoms with Crippen LogP contribution in [0, 0.1) is 0 Å². The number of pyridine rings is 2. The van der Waals surface area contributed by atoms with Gasteiger partial charge in [0.15, 0.2) is 0 Å². The Morgan fingerprint density at radius 1 is 1.19 bits per heavy atom. The summed E-state index contributed by atoms with van der Waals surface area (Å²) in [5.41, 5.74) is 6.14. The predicted molar refractivity (Wildman–Crippen MR) is 87.4 cm³/mol. The standard InChI is InChI=1S/C16H15BrN4/c17-12-7-11(9-19-10-12)8-16(21-18)14-5-6-20-15-4-2-1-3-13(14)15/h1-7,9-10,16,21H,8,18H2. The number of rotatable bonds is 4. The van der Waals surface area contributed by atoms with Crippen LogP contribution >= 0.6 is 15.9 Å². The van der Waals surface area contributed by atoms with Gasteiger partial charge >= 0.3 is 0 Å². The Bertz CT molecular complexity index is 755. The molecule has 21 heavy (non-hydrogen) atoms. The third-order valence-corrected chi connectivity index (χ3v) is 3.89. The molecule has 0 aliphatic carbocycles. The molecule has 3 aromatic rings. The van der Waals surface area contributed by atoms with E-state index >= 15 is 0 Å². The van der Waals surface area contributed by atoms with Gasteiger partial charge in [-0.15, -0.1) is 0 Å². The van der Waals surface area contributed by atoms with E-state index in [2.05, 4.69) is 43.5 Å². The van der Waals surface area contributed by atoms with Crippen LogP contribution in [0.3, 0.4) is 0 Å². The van der Waals surface area contributed by atoms with E-state index in [0.717, 1.165) is 32.9 Å². The molecule has 2 aromatic heterocycles. The van der Waals surface area contributed by atoms with Gasteiger partial charge in [0.25, 0.3) is 0 Å². The summed E-state index contributed by atoms with van der Waals surface area (Å²) < 4.78 is 0.968. The van der Waals surface area contributed by atoms with Crippen LogP contribution < -0.4 is 11.3 Å². The molecule has 0 aliphatic heterocycles. The Kier molecular flexibility index (Phi) is 4.24. The molecule has 0 saturated carbocycles. The van der Waals surface area contributed by atoms with Crippen LogP contribution in [0.4, 0.5) is 0 Å². The molecule has 1 unspecified atom stereocenters.